The molecule has 0 unspecified atom stereocenters. The van der Waals surface area contributed by atoms with E-state index < -0.39 is 5.43 Å². The van der Waals surface area contributed by atoms with Crippen LogP contribution in [0.25, 0.3) is 0 Å². The monoisotopic (exact) mass is 555 g/mol. The third-order valence-electron chi connectivity index (χ3n) is 9.06. The molecule has 5 nitrogen and oxygen atoms in total. The summed E-state index contributed by atoms with van der Waals surface area (Å²) in [5.41, 5.74) is 14.2. The SMILES string of the molecule is C.CC1(C)CCC(C)(C)c2cc(N)ccc21.CC1(C)CCC(C)(C)c2cc(N=Nc3ccc(O)c(=O)cc3)ccc21. The van der Waals surface area contributed by atoms with E-state index in [1.165, 1.54) is 53.6 Å². The molecule has 2 aliphatic rings. The zero-order chi connectivity index (χ0) is 29.5. The lowest BCUT2D eigenvalue weighted by molar-refractivity contribution is 0.332. The normalized spacial score (nSPS) is 19.1. The van der Waals surface area contributed by atoms with Crippen molar-refractivity contribution in [2.45, 2.75) is 110 Å². The van der Waals surface area contributed by atoms with Crippen LogP contribution in [0.5, 0.6) is 5.75 Å². The molecule has 0 aromatic heterocycles. The van der Waals surface area contributed by atoms with E-state index in [0.29, 0.717) is 11.1 Å². The third kappa shape index (κ3) is 6.89. The van der Waals surface area contributed by atoms with Crippen LogP contribution in [0.1, 0.15) is 111 Å². The van der Waals surface area contributed by atoms with E-state index in [9.17, 15) is 9.90 Å². The first kappa shape index (κ1) is 32.0. The molecule has 3 aromatic carbocycles. The number of aromatic hydroxyl groups is 1. The van der Waals surface area contributed by atoms with E-state index in [1.54, 1.807) is 12.1 Å². The Hall–Kier alpha value is -3.47. The molecule has 0 saturated heterocycles. The fourth-order valence-corrected chi connectivity index (χ4v) is 5.98. The topological polar surface area (TPSA) is 88.0 Å². The zero-order valence-electron chi connectivity index (χ0n) is 25.4. The minimum Gasteiger partial charge on any atom is -0.504 e. The minimum absolute atomic E-state index is 0. The standard InChI is InChI=1S/C21H24N2O2.C14H21N.CH4/c1-20(2)11-12-21(3,4)17-13-15(5-8-16(17)20)23-22-14-6-9-18(24)19(25)10-7-14;1-13(2)7-8-14(3,4)12-9-10(15)5-6-11(12)13;/h5-10,13H,11-12H2,1-4H3,(H,24,25);5-6,9H,7-8,15H2,1-4H3;1H4. The average molecular weight is 556 g/mol. The van der Waals surface area contributed by atoms with Crippen molar-refractivity contribution < 1.29 is 5.11 Å². The summed E-state index contributed by atoms with van der Waals surface area (Å²) >= 11 is 0. The van der Waals surface area contributed by atoms with E-state index in [4.69, 9.17) is 5.73 Å². The molecule has 0 aliphatic heterocycles. The number of nitrogens with zero attached hydrogens (tertiary/aromatic N) is 2. The quantitative estimate of drug-likeness (QED) is 0.244. The van der Waals surface area contributed by atoms with Gasteiger partial charge in [0.1, 0.15) is 0 Å². The highest BCUT2D eigenvalue weighted by molar-refractivity contribution is 5.52. The number of azo groups is 1. The average Bonchev–Trinajstić information content (AvgIpc) is 3.04. The van der Waals surface area contributed by atoms with Crippen molar-refractivity contribution in [1.82, 2.24) is 0 Å². The van der Waals surface area contributed by atoms with Gasteiger partial charge in [0.2, 0.25) is 5.43 Å². The summed E-state index contributed by atoms with van der Waals surface area (Å²) in [6, 6.07) is 18.4. The van der Waals surface area contributed by atoms with Crippen LogP contribution in [0, 0.1) is 0 Å². The number of fused-ring (bicyclic) bond motifs is 2. The van der Waals surface area contributed by atoms with Gasteiger partial charge in [0, 0.05) is 5.69 Å². The van der Waals surface area contributed by atoms with Crippen molar-refractivity contribution >= 4 is 17.1 Å². The fraction of sp³-hybridized carbons (Fsp3) is 0.472. The van der Waals surface area contributed by atoms with Gasteiger partial charge in [-0.1, -0.05) is 74.9 Å². The van der Waals surface area contributed by atoms with Crippen LogP contribution in [-0.2, 0) is 21.7 Å². The predicted octanol–water partition coefficient (Wildman–Crippen LogP) is 9.77. The Labute approximate surface area is 247 Å². The number of hydrogen-bond acceptors (Lipinski definition) is 5. The summed E-state index contributed by atoms with van der Waals surface area (Å²) in [5, 5.41) is 18.0. The molecule has 0 saturated carbocycles. The maximum atomic E-state index is 11.4. The van der Waals surface area contributed by atoms with Crippen LogP contribution in [0.3, 0.4) is 0 Å². The van der Waals surface area contributed by atoms with E-state index in [1.807, 2.05) is 12.1 Å². The van der Waals surface area contributed by atoms with Crippen molar-refractivity contribution in [3.63, 3.8) is 0 Å². The summed E-state index contributed by atoms with van der Waals surface area (Å²) in [6.45, 7) is 18.4. The summed E-state index contributed by atoms with van der Waals surface area (Å²) in [7, 11) is 0. The molecule has 3 N–H and O–H groups in total. The van der Waals surface area contributed by atoms with Crippen molar-refractivity contribution in [2.24, 2.45) is 10.2 Å². The van der Waals surface area contributed by atoms with Crippen molar-refractivity contribution in [1.29, 1.82) is 0 Å². The second-order valence-electron chi connectivity index (χ2n) is 14.1. The zero-order valence-corrected chi connectivity index (χ0v) is 25.4. The van der Waals surface area contributed by atoms with Crippen LogP contribution in [0.2, 0.25) is 0 Å². The maximum absolute atomic E-state index is 11.4. The number of nitrogen functional groups attached to an aromatic ring is 1. The van der Waals surface area contributed by atoms with Gasteiger partial charge in [0.25, 0.3) is 0 Å². The Morgan fingerprint density at radius 3 is 1.56 bits per heavy atom. The first-order chi connectivity index (χ1) is 18.5. The molecular formula is C36H49N3O2. The number of rotatable bonds is 2. The van der Waals surface area contributed by atoms with Crippen LogP contribution < -0.4 is 11.2 Å². The summed E-state index contributed by atoms with van der Waals surface area (Å²) in [6.07, 6.45) is 4.83. The summed E-state index contributed by atoms with van der Waals surface area (Å²) < 4.78 is 0. The molecule has 2 aliphatic carbocycles. The molecular weight excluding hydrogens is 506 g/mol. The second-order valence-corrected chi connectivity index (χ2v) is 14.1. The lowest BCUT2D eigenvalue weighted by Gasteiger charge is -2.41. The molecule has 0 bridgehead atoms. The van der Waals surface area contributed by atoms with E-state index in [0.717, 1.165) is 17.8 Å². The van der Waals surface area contributed by atoms with Crippen molar-refractivity contribution in [2.75, 3.05) is 5.73 Å². The molecule has 0 atom stereocenters. The fourth-order valence-electron chi connectivity index (χ4n) is 5.98. The number of nitrogens with two attached hydrogens (primary N) is 1. The van der Waals surface area contributed by atoms with Gasteiger partial charge >= 0.3 is 0 Å². The van der Waals surface area contributed by atoms with E-state index in [-0.39, 0.29) is 29.4 Å². The Morgan fingerprint density at radius 2 is 1.00 bits per heavy atom. The third-order valence-corrected chi connectivity index (χ3v) is 9.06. The van der Waals surface area contributed by atoms with Gasteiger partial charge < -0.3 is 10.8 Å². The van der Waals surface area contributed by atoms with Gasteiger partial charge in [-0.3, -0.25) is 4.79 Å². The summed E-state index contributed by atoms with van der Waals surface area (Å²) in [5.74, 6) is -0.292. The highest BCUT2D eigenvalue weighted by atomic mass is 16.3. The molecule has 0 spiro atoms. The predicted molar refractivity (Wildman–Crippen MR) is 173 cm³/mol. The van der Waals surface area contributed by atoms with Gasteiger partial charge in [-0.2, -0.15) is 10.2 Å². The van der Waals surface area contributed by atoms with Crippen LogP contribution in [-0.4, -0.2) is 5.11 Å². The van der Waals surface area contributed by atoms with Gasteiger partial charge in [-0.05, 0) is 118 Å². The highest BCUT2D eigenvalue weighted by Gasteiger charge is 2.38. The lowest BCUT2D eigenvalue weighted by atomic mass is 9.63. The molecule has 5 rings (SSSR count). The Morgan fingerprint density at radius 1 is 0.585 bits per heavy atom. The first-order valence-electron chi connectivity index (χ1n) is 14.3. The van der Waals surface area contributed by atoms with Gasteiger partial charge in [-0.25, -0.2) is 0 Å². The Bertz CT molecular complexity index is 1500. The molecule has 0 amide bonds. The van der Waals surface area contributed by atoms with E-state index in [2.05, 4.69) is 89.9 Å². The van der Waals surface area contributed by atoms with Gasteiger partial charge in [-0.15, -0.1) is 0 Å². The van der Waals surface area contributed by atoms with Crippen molar-refractivity contribution in [3.8, 4) is 5.75 Å². The van der Waals surface area contributed by atoms with Crippen LogP contribution in [0.4, 0.5) is 17.1 Å². The first-order valence-corrected chi connectivity index (χ1v) is 14.3. The number of anilines is 1. The molecule has 41 heavy (non-hydrogen) atoms. The Kier molecular flexibility index (Phi) is 8.93. The van der Waals surface area contributed by atoms with E-state index >= 15 is 0 Å². The smallest absolute Gasteiger partial charge is 0.220 e. The van der Waals surface area contributed by atoms with Gasteiger partial charge in [0.05, 0.1) is 11.4 Å². The second kappa shape index (κ2) is 11.4. The Balaban J connectivity index is 0.000000248. The molecule has 0 heterocycles. The number of hydrogen-bond donors (Lipinski definition) is 2. The lowest BCUT2D eigenvalue weighted by Crippen LogP contribution is -2.33. The van der Waals surface area contributed by atoms with Crippen LogP contribution in [0.15, 0.2) is 75.7 Å². The molecule has 5 heteroatoms. The summed E-state index contributed by atoms with van der Waals surface area (Å²) in [4.78, 5) is 11.4. The highest BCUT2D eigenvalue weighted by Crippen LogP contribution is 2.47. The minimum atomic E-state index is -0.431. The van der Waals surface area contributed by atoms with Gasteiger partial charge in [0.15, 0.2) is 5.75 Å². The number of benzene rings is 2. The molecule has 0 radical (unpaired) electrons. The molecule has 3 aromatic rings. The molecule has 0 fully saturated rings. The molecule has 220 valence electrons. The van der Waals surface area contributed by atoms with Crippen molar-refractivity contribution in [3.05, 3.63) is 93.1 Å². The largest absolute Gasteiger partial charge is 0.504 e. The van der Waals surface area contributed by atoms with Crippen LogP contribution >= 0.6 is 0 Å². The maximum Gasteiger partial charge on any atom is 0.220 e.